The van der Waals surface area contributed by atoms with Crippen molar-refractivity contribution in [3.8, 4) is 0 Å². The first-order valence-electron chi connectivity index (χ1n) is 6.77. The van der Waals surface area contributed by atoms with Crippen molar-refractivity contribution >= 4 is 5.69 Å². The molecular weight excluding hydrogens is 257 g/mol. The largest absolute Gasteiger partial charge is 0.383 e. The van der Waals surface area contributed by atoms with Crippen molar-refractivity contribution in [2.45, 2.75) is 19.4 Å². The Kier molecular flexibility index (Phi) is 3.50. The van der Waals surface area contributed by atoms with Crippen molar-refractivity contribution in [1.82, 2.24) is 9.78 Å². The Hall–Kier alpha value is -2.17. The second-order valence-corrected chi connectivity index (χ2v) is 5.16. The molecule has 0 spiro atoms. The average molecular weight is 273 g/mol. The van der Waals surface area contributed by atoms with Gasteiger partial charge in [0.05, 0.1) is 18.4 Å². The van der Waals surface area contributed by atoms with Crippen molar-refractivity contribution in [3.05, 3.63) is 58.3 Å². The highest BCUT2D eigenvalue weighted by Crippen LogP contribution is 2.28. The van der Waals surface area contributed by atoms with Crippen molar-refractivity contribution in [2.75, 3.05) is 11.9 Å². The highest BCUT2D eigenvalue weighted by molar-refractivity contribution is 5.39. The molecule has 1 aromatic carbocycles. The van der Waals surface area contributed by atoms with Crippen LogP contribution in [0.4, 0.5) is 10.1 Å². The number of hydrogen-bond acceptors (Lipinski definition) is 3. The van der Waals surface area contributed by atoms with Gasteiger partial charge in [-0.1, -0.05) is 18.2 Å². The van der Waals surface area contributed by atoms with E-state index in [0.29, 0.717) is 5.56 Å². The predicted molar refractivity (Wildman–Crippen MR) is 75.2 cm³/mol. The molecule has 0 bridgehead atoms. The quantitative estimate of drug-likeness (QED) is 0.909. The van der Waals surface area contributed by atoms with Crippen LogP contribution in [0.2, 0.25) is 0 Å². The Morgan fingerprint density at radius 2 is 2.15 bits per heavy atom. The highest BCUT2D eigenvalue weighted by Gasteiger charge is 2.20. The molecule has 0 amide bonds. The van der Waals surface area contributed by atoms with Gasteiger partial charge in [-0.05, 0) is 24.8 Å². The molecule has 0 atom stereocenters. The van der Waals surface area contributed by atoms with Gasteiger partial charge in [0.15, 0.2) is 0 Å². The molecule has 4 nitrogen and oxygen atoms in total. The minimum absolute atomic E-state index is 0.147. The van der Waals surface area contributed by atoms with E-state index < -0.39 is 0 Å². The normalized spacial score (nSPS) is 14.2. The SMILES string of the molecule is O=c1cc(NCC2CC2)cnn1Cc1ccccc1F. The molecule has 20 heavy (non-hydrogen) atoms. The van der Waals surface area contributed by atoms with Crippen LogP contribution >= 0.6 is 0 Å². The molecule has 1 N–H and O–H groups in total. The molecule has 1 saturated carbocycles. The van der Waals surface area contributed by atoms with Crippen LogP contribution in [0, 0.1) is 11.7 Å². The summed E-state index contributed by atoms with van der Waals surface area (Å²) in [7, 11) is 0. The van der Waals surface area contributed by atoms with Crippen LogP contribution in [0.3, 0.4) is 0 Å². The summed E-state index contributed by atoms with van der Waals surface area (Å²) in [4.78, 5) is 12.0. The summed E-state index contributed by atoms with van der Waals surface area (Å²) < 4.78 is 14.8. The first-order chi connectivity index (χ1) is 9.72. The van der Waals surface area contributed by atoms with Gasteiger partial charge in [0.25, 0.3) is 5.56 Å². The van der Waals surface area contributed by atoms with Crippen LogP contribution in [0.5, 0.6) is 0 Å². The first kappa shape index (κ1) is 12.8. The first-order valence-corrected chi connectivity index (χ1v) is 6.77. The Morgan fingerprint density at radius 3 is 2.85 bits per heavy atom. The fraction of sp³-hybridized carbons (Fsp3) is 0.333. The zero-order valence-corrected chi connectivity index (χ0v) is 11.1. The molecule has 1 aromatic heterocycles. The van der Waals surface area contributed by atoms with E-state index in [1.807, 2.05) is 0 Å². The summed E-state index contributed by atoms with van der Waals surface area (Å²) in [5.74, 6) is 0.410. The molecule has 1 aliphatic carbocycles. The summed E-state index contributed by atoms with van der Waals surface area (Å²) >= 11 is 0. The molecule has 5 heteroatoms. The van der Waals surface area contributed by atoms with E-state index in [4.69, 9.17) is 0 Å². The Morgan fingerprint density at radius 1 is 1.35 bits per heavy atom. The lowest BCUT2D eigenvalue weighted by molar-refractivity contribution is 0.572. The van der Waals surface area contributed by atoms with E-state index in [-0.39, 0.29) is 17.9 Å². The number of rotatable bonds is 5. The predicted octanol–water partition coefficient (Wildman–Crippen LogP) is 2.25. The fourth-order valence-electron chi connectivity index (χ4n) is 2.02. The van der Waals surface area contributed by atoms with Gasteiger partial charge >= 0.3 is 0 Å². The van der Waals surface area contributed by atoms with Gasteiger partial charge in [0.2, 0.25) is 0 Å². The molecule has 0 saturated heterocycles. The van der Waals surface area contributed by atoms with Gasteiger partial charge in [0.1, 0.15) is 5.82 Å². The van der Waals surface area contributed by atoms with Crippen LogP contribution in [0.1, 0.15) is 18.4 Å². The lowest BCUT2D eigenvalue weighted by Gasteiger charge is -2.08. The molecular formula is C15H16FN3O. The molecule has 1 heterocycles. The maximum Gasteiger partial charge on any atom is 0.269 e. The van der Waals surface area contributed by atoms with Crippen LogP contribution in [-0.2, 0) is 6.54 Å². The monoisotopic (exact) mass is 273 g/mol. The summed E-state index contributed by atoms with van der Waals surface area (Å²) in [6.45, 7) is 1.03. The van der Waals surface area contributed by atoms with E-state index in [1.54, 1.807) is 24.4 Å². The Labute approximate surface area is 116 Å². The zero-order valence-electron chi connectivity index (χ0n) is 11.1. The molecule has 1 aliphatic rings. The third-order valence-corrected chi connectivity index (χ3v) is 3.44. The van der Waals surface area contributed by atoms with Crippen LogP contribution in [0.15, 0.2) is 41.3 Å². The molecule has 104 valence electrons. The van der Waals surface area contributed by atoms with Gasteiger partial charge in [-0.3, -0.25) is 4.79 Å². The van der Waals surface area contributed by atoms with Crippen molar-refractivity contribution in [2.24, 2.45) is 5.92 Å². The van der Waals surface area contributed by atoms with Gasteiger partial charge in [-0.2, -0.15) is 5.10 Å². The lowest BCUT2D eigenvalue weighted by atomic mass is 10.2. The van der Waals surface area contributed by atoms with Gasteiger partial charge < -0.3 is 5.32 Å². The molecule has 0 unspecified atom stereocenters. The molecule has 0 aliphatic heterocycles. The molecule has 3 rings (SSSR count). The molecule has 0 radical (unpaired) electrons. The number of benzene rings is 1. The van der Waals surface area contributed by atoms with Gasteiger partial charge in [-0.15, -0.1) is 0 Å². The van der Waals surface area contributed by atoms with Crippen molar-refractivity contribution < 1.29 is 4.39 Å². The van der Waals surface area contributed by atoms with E-state index in [2.05, 4.69) is 10.4 Å². The maximum absolute atomic E-state index is 13.5. The van der Waals surface area contributed by atoms with Crippen LogP contribution in [0.25, 0.3) is 0 Å². The summed E-state index contributed by atoms with van der Waals surface area (Å²) in [5, 5.41) is 7.29. The highest BCUT2D eigenvalue weighted by atomic mass is 19.1. The number of nitrogens with zero attached hydrogens (tertiary/aromatic N) is 2. The third-order valence-electron chi connectivity index (χ3n) is 3.44. The van der Waals surface area contributed by atoms with Crippen molar-refractivity contribution in [1.29, 1.82) is 0 Å². The van der Waals surface area contributed by atoms with Gasteiger partial charge in [0, 0.05) is 18.2 Å². The second-order valence-electron chi connectivity index (χ2n) is 5.16. The summed E-state index contributed by atoms with van der Waals surface area (Å²) in [6, 6.07) is 7.92. The topological polar surface area (TPSA) is 46.9 Å². The van der Waals surface area contributed by atoms with Crippen molar-refractivity contribution in [3.63, 3.8) is 0 Å². The average Bonchev–Trinajstić information content (AvgIpc) is 3.26. The minimum atomic E-state index is -0.322. The third kappa shape index (κ3) is 3.04. The summed E-state index contributed by atoms with van der Waals surface area (Å²) in [5.41, 5.74) is 0.960. The van der Waals surface area contributed by atoms with E-state index in [1.165, 1.54) is 29.7 Å². The maximum atomic E-state index is 13.5. The zero-order chi connectivity index (χ0) is 13.9. The Bertz CT molecular complexity index is 664. The fourth-order valence-corrected chi connectivity index (χ4v) is 2.02. The number of aromatic nitrogens is 2. The number of halogens is 1. The molecule has 2 aromatic rings. The second kappa shape index (κ2) is 5.45. The Balaban J connectivity index is 1.73. The van der Waals surface area contributed by atoms with Crippen LogP contribution in [-0.4, -0.2) is 16.3 Å². The smallest absolute Gasteiger partial charge is 0.269 e. The van der Waals surface area contributed by atoms with Crippen LogP contribution < -0.4 is 10.9 Å². The van der Waals surface area contributed by atoms with Gasteiger partial charge in [-0.25, -0.2) is 9.07 Å². The van der Waals surface area contributed by atoms with E-state index >= 15 is 0 Å². The number of anilines is 1. The van der Waals surface area contributed by atoms with E-state index in [9.17, 15) is 9.18 Å². The van der Waals surface area contributed by atoms with E-state index in [0.717, 1.165) is 18.2 Å². The number of nitrogens with one attached hydrogen (secondary N) is 1. The minimum Gasteiger partial charge on any atom is -0.383 e. The number of hydrogen-bond donors (Lipinski definition) is 1. The lowest BCUT2D eigenvalue weighted by Crippen LogP contribution is -2.23. The summed E-state index contributed by atoms with van der Waals surface area (Å²) in [6.07, 6.45) is 4.13. The molecule has 1 fully saturated rings. The standard InChI is InChI=1S/C15H16FN3O/c16-14-4-2-1-3-12(14)10-19-15(20)7-13(9-18-19)17-8-11-5-6-11/h1-4,7,9,11,17H,5-6,8,10H2.